The van der Waals surface area contributed by atoms with Gasteiger partial charge in [-0.25, -0.2) is 8.42 Å². The molecule has 2 aliphatic rings. The number of benzene rings is 3. The molecule has 164 valence electrons. The number of piperazine rings is 1. The second-order valence-corrected chi connectivity index (χ2v) is 10.1. The minimum Gasteiger partial charge on any atom is -0.457 e. The number of rotatable bonds is 3. The van der Waals surface area contributed by atoms with Crippen LogP contribution in [0.1, 0.15) is 17.0 Å². The highest BCUT2D eigenvalue weighted by Crippen LogP contribution is 2.44. The van der Waals surface area contributed by atoms with E-state index in [1.54, 1.807) is 23.1 Å². The molecule has 2 aliphatic heterocycles. The van der Waals surface area contributed by atoms with Crippen molar-refractivity contribution in [2.45, 2.75) is 10.8 Å². The van der Waals surface area contributed by atoms with Crippen LogP contribution in [0.3, 0.4) is 0 Å². The minimum absolute atomic E-state index is 0.0528. The van der Waals surface area contributed by atoms with Crippen LogP contribution in [0.15, 0.2) is 77.7 Å². The zero-order valence-electron chi connectivity index (χ0n) is 17.1. The van der Waals surface area contributed by atoms with Crippen molar-refractivity contribution >= 4 is 27.5 Å². The highest BCUT2D eigenvalue weighted by Gasteiger charge is 2.38. The predicted molar refractivity (Wildman–Crippen MR) is 122 cm³/mol. The number of para-hydroxylation sites is 2. The highest BCUT2D eigenvalue weighted by atomic mass is 35.5. The van der Waals surface area contributed by atoms with E-state index < -0.39 is 15.9 Å². The number of hydrogen-bond acceptors (Lipinski definition) is 4. The summed E-state index contributed by atoms with van der Waals surface area (Å²) in [4.78, 5) is 15.5. The Morgan fingerprint density at radius 1 is 0.812 bits per heavy atom. The topological polar surface area (TPSA) is 66.9 Å². The van der Waals surface area contributed by atoms with Crippen molar-refractivity contribution in [2.75, 3.05) is 26.2 Å². The summed E-state index contributed by atoms with van der Waals surface area (Å²) >= 11 is 6.12. The summed E-state index contributed by atoms with van der Waals surface area (Å²) in [5, 5.41) is 0.196. The number of carbonyl (C=O) groups is 1. The number of nitrogens with zero attached hydrogens (tertiary/aromatic N) is 2. The lowest BCUT2D eigenvalue weighted by Crippen LogP contribution is -2.51. The number of carbonyl (C=O) groups excluding carboxylic acids is 1. The fourth-order valence-electron chi connectivity index (χ4n) is 4.30. The molecule has 3 aromatic rings. The Bertz CT molecular complexity index is 1240. The quantitative estimate of drug-likeness (QED) is 0.580. The van der Waals surface area contributed by atoms with E-state index in [1.807, 2.05) is 48.5 Å². The van der Waals surface area contributed by atoms with Crippen molar-refractivity contribution in [3.8, 4) is 11.5 Å². The zero-order valence-corrected chi connectivity index (χ0v) is 18.7. The molecule has 0 spiro atoms. The maximum absolute atomic E-state index is 13.6. The van der Waals surface area contributed by atoms with Crippen molar-refractivity contribution in [3.63, 3.8) is 0 Å². The molecule has 0 saturated carbocycles. The average molecular weight is 469 g/mol. The van der Waals surface area contributed by atoms with E-state index >= 15 is 0 Å². The molecule has 5 rings (SSSR count). The van der Waals surface area contributed by atoms with Gasteiger partial charge in [0, 0.05) is 37.3 Å². The van der Waals surface area contributed by atoms with Gasteiger partial charge in [-0.1, -0.05) is 60.1 Å². The van der Waals surface area contributed by atoms with Crippen LogP contribution in [0.5, 0.6) is 11.5 Å². The van der Waals surface area contributed by atoms with Crippen molar-refractivity contribution in [1.82, 2.24) is 9.21 Å². The summed E-state index contributed by atoms with van der Waals surface area (Å²) in [6.07, 6.45) is 0. The molecule has 0 unspecified atom stereocenters. The first-order valence-corrected chi connectivity index (χ1v) is 12.2. The molecule has 8 heteroatoms. The van der Waals surface area contributed by atoms with E-state index in [1.165, 1.54) is 10.4 Å². The monoisotopic (exact) mass is 468 g/mol. The second-order valence-electron chi connectivity index (χ2n) is 7.77. The molecule has 1 amide bonds. The van der Waals surface area contributed by atoms with Gasteiger partial charge < -0.3 is 9.64 Å². The fraction of sp³-hybridized carbons (Fsp3) is 0.208. The lowest BCUT2D eigenvalue weighted by atomic mass is 9.86. The van der Waals surface area contributed by atoms with Crippen molar-refractivity contribution in [2.24, 2.45) is 0 Å². The molecular weight excluding hydrogens is 448 g/mol. The first-order chi connectivity index (χ1) is 15.5. The lowest BCUT2D eigenvalue weighted by Gasteiger charge is -2.37. The van der Waals surface area contributed by atoms with Crippen LogP contribution in [-0.4, -0.2) is 49.7 Å². The van der Waals surface area contributed by atoms with Gasteiger partial charge in [0.05, 0.1) is 10.9 Å². The Kier molecular flexibility index (Phi) is 5.41. The molecule has 3 aromatic carbocycles. The van der Waals surface area contributed by atoms with Gasteiger partial charge in [-0.05, 0) is 24.3 Å². The Morgan fingerprint density at radius 3 is 1.94 bits per heavy atom. The molecule has 0 bridgehead atoms. The van der Waals surface area contributed by atoms with Gasteiger partial charge >= 0.3 is 0 Å². The van der Waals surface area contributed by atoms with E-state index in [9.17, 15) is 13.2 Å². The molecule has 1 saturated heterocycles. The Labute approximate surface area is 192 Å². The van der Waals surface area contributed by atoms with E-state index in [4.69, 9.17) is 16.3 Å². The molecule has 1 fully saturated rings. The third kappa shape index (κ3) is 3.56. The van der Waals surface area contributed by atoms with Crippen LogP contribution in [0.4, 0.5) is 0 Å². The van der Waals surface area contributed by atoms with Gasteiger partial charge in [-0.15, -0.1) is 0 Å². The molecule has 0 N–H and O–H groups in total. The van der Waals surface area contributed by atoms with E-state index in [0.29, 0.717) is 24.6 Å². The zero-order chi connectivity index (χ0) is 22.3. The Hall–Kier alpha value is -2.87. The number of fused-ring (bicyclic) bond motifs is 2. The molecule has 0 aliphatic carbocycles. The van der Waals surface area contributed by atoms with Gasteiger partial charge in [0.1, 0.15) is 16.4 Å². The summed E-state index contributed by atoms with van der Waals surface area (Å²) in [7, 11) is -3.72. The van der Waals surface area contributed by atoms with E-state index in [2.05, 4.69) is 0 Å². The van der Waals surface area contributed by atoms with Crippen molar-refractivity contribution in [3.05, 3.63) is 88.9 Å². The summed E-state index contributed by atoms with van der Waals surface area (Å²) in [5.74, 6) is 0.805. The van der Waals surface area contributed by atoms with Gasteiger partial charge in [0.2, 0.25) is 15.9 Å². The van der Waals surface area contributed by atoms with E-state index in [-0.39, 0.29) is 28.9 Å². The summed E-state index contributed by atoms with van der Waals surface area (Å²) in [6.45, 7) is 1.05. The van der Waals surface area contributed by atoms with E-state index in [0.717, 1.165) is 11.1 Å². The standard InChI is InChI=1S/C24H21ClN2O4S/c25-19-9-3-6-12-22(19)32(29,30)27-15-13-26(14-16-27)24(28)23-17-7-1-4-10-20(17)31-21-11-5-2-8-18(21)23/h1-12,23H,13-16H2. The molecule has 6 nitrogen and oxygen atoms in total. The maximum Gasteiger partial charge on any atom is 0.244 e. The van der Waals surface area contributed by atoms with Crippen LogP contribution in [0.2, 0.25) is 5.02 Å². The third-order valence-electron chi connectivity index (χ3n) is 5.93. The molecular formula is C24H21ClN2O4S. The number of ether oxygens (including phenoxy) is 1. The van der Waals surface area contributed by atoms with Crippen LogP contribution >= 0.6 is 11.6 Å². The molecule has 32 heavy (non-hydrogen) atoms. The number of halogens is 1. The summed E-state index contributed by atoms with van der Waals surface area (Å²) in [5.41, 5.74) is 1.64. The lowest BCUT2D eigenvalue weighted by molar-refractivity contribution is -0.133. The summed E-state index contributed by atoms with van der Waals surface area (Å²) in [6, 6.07) is 21.5. The first kappa shape index (κ1) is 21.0. The van der Waals surface area contributed by atoms with Gasteiger partial charge in [-0.3, -0.25) is 4.79 Å². The molecule has 0 radical (unpaired) electrons. The number of amides is 1. The summed E-state index contributed by atoms with van der Waals surface area (Å²) < 4.78 is 33.5. The number of hydrogen-bond donors (Lipinski definition) is 0. The van der Waals surface area contributed by atoms with Crippen LogP contribution in [0.25, 0.3) is 0 Å². The smallest absolute Gasteiger partial charge is 0.244 e. The molecule has 0 atom stereocenters. The van der Waals surface area contributed by atoms with Crippen LogP contribution in [-0.2, 0) is 14.8 Å². The first-order valence-electron chi connectivity index (χ1n) is 10.4. The number of sulfonamides is 1. The predicted octanol–water partition coefficient (Wildman–Crippen LogP) is 4.11. The minimum atomic E-state index is -3.72. The van der Waals surface area contributed by atoms with Crippen molar-refractivity contribution in [1.29, 1.82) is 0 Å². The largest absolute Gasteiger partial charge is 0.457 e. The highest BCUT2D eigenvalue weighted by molar-refractivity contribution is 7.89. The maximum atomic E-state index is 13.6. The Morgan fingerprint density at radius 2 is 1.34 bits per heavy atom. The molecule has 2 heterocycles. The SMILES string of the molecule is O=C(C1c2ccccc2Oc2ccccc21)N1CCN(S(=O)(=O)c2ccccc2Cl)CC1. The third-order valence-corrected chi connectivity index (χ3v) is 8.33. The van der Waals surface area contributed by atoms with Gasteiger partial charge in [0.25, 0.3) is 0 Å². The normalized spacial score (nSPS) is 16.7. The fourth-order valence-corrected chi connectivity index (χ4v) is 6.22. The van der Waals surface area contributed by atoms with Crippen molar-refractivity contribution < 1.29 is 17.9 Å². The van der Waals surface area contributed by atoms with Crippen LogP contribution < -0.4 is 4.74 Å². The molecule has 0 aromatic heterocycles. The Balaban J connectivity index is 1.39. The second kappa shape index (κ2) is 8.24. The van der Waals surface area contributed by atoms with Crippen LogP contribution in [0, 0.1) is 0 Å². The average Bonchev–Trinajstić information content (AvgIpc) is 2.82. The van der Waals surface area contributed by atoms with Gasteiger partial charge in [-0.2, -0.15) is 4.31 Å². The van der Waals surface area contributed by atoms with Gasteiger partial charge in [0.15, 0.2) is 0 Å².